The number of hydrogen-bond donors (Lipinski definition) is 0. The third kappa shape index (κ3) is 3.16. The van der Waals surface area contributed by atoms with E-state index in [-0.39, 0.29) is 11.5 Å². The average Bonchev–Trinajstić information content (AvgIpc) is 3.52. The van der Waals surface area contributed by atoms with Crippen LogP contribution in [-0.4, -0.2) is 64.7 Å². The molecule has 3 aliphatic rings. The van der Waals surface area contributed by atoms with Gasteiger partial charge in [0.1, 0.15) is 11.4 Å². The van der Waals surface area contributed by atoms with Crippen molar-refractivity contribution in [3.63, 3.8) is 0 Å². The smallest absolute Gasteiger partial charge is 0.188 e. The number of tetrazole rings is 1. The Morgan fingerprint density at radius 2 is 1.81 bits per heavy atom. The molecule has 32 heavy (non-hydrogen) atoms. The Balaban J connectivity index is 1.33. The predicted octanol–water partition coefficient (Wildman–Crippen LogP) is 2.53. The molecule has 3 fully saturated rings. The molecule has 3 aromatic heterocycles. The first-order valence-electron chi connectivity index (χ1n) is 10.5. The van der Waals surface area contributed by atoms with Gasteiger partial charge in [-0.2, -0.15) is 4.68 Å². The zero-order chi connectivity index (χ0) is 21.7. The Bertz CT molecular complexity index is 1280. The van der Waals surface area contributed by atoms with Gasteiger partial charge in [0.2, 0.25) is 0 Å². The number of halogens is 2. The van der Waals surface area contributed by atoms with Crippen LogP contribution in [0, 0.1) is 17.6 Å². The summed E-state index contributed by atoms with van der Waals surface area (Å²) in [6, 6.07) is 6.01. The van der Waals surface area contributed by atoms with Crippen LogP contribution in [0.3, 0.4) is 0 Å². The molecule has 0 radical (unpaired) electrons. The number of hydrogen-bond acceptors (Lipinski definition) is 7. The van der Waals surface area contributed by atoms with Gasteiger partial charge in [-0.15, -0.1) is 10.2 Å². The van der Waals surface area contributed by atoms with Crippen molar-refractivity contribution in [3.8, 4) is 28.3 Å². The van der Waals surface area contributed by atoms with Gasteiger partial charge in [0.15, 0.2) is 17.5 Å². The number of aromatic nitrogens is 8. The summed E-state index contributed by atoms with van der Waals surface area (Å²) in [6.07, 6.45) is 7.58. The summed E-state index contributed by atoms with van der Waals surface area (Å²) in [7, 11) is 0. The number of benzene rings is 1. The average molecular weight is 435 g/mol. The number of nitrogens with zero attached hydrogens (tertiary/aromatic N) is 9. The van der Waals surface area contributed by atoms with Gasteiger partial charge < -0.3 is 4.90 Å². The predicted molar refractivity (Wildman–Crippen MR) is 110 cm³/mol. The molecule has 162 valence electrons. The first kappa shape index (κ1) is 19.1. The number of fused-ring (bicyclic) bond motifs is 3. The van der Waals surface area contributed by atoms with Gasteiger partial charge in [0.05, 0.1) is 12.2 Å². The number of piperidine rings is 3. The summed E-state index contributed by atoms with van der Waals surface area (Å²) in [6.45, 7) is 3.32. The van der Waals surface area contributed by atoms with Gasteiger partial charge in [-0.25, -0.2) is 13.5 Å². The topological polar surface area (TPSA) is 90.4 Å². The number of rotatable bonds is 4. The van der Waals surface area contributed by atoms with E-state index >= 15 is 0 Å². The van der Waals surface area contributed by atoms with Gasteiger partial charge >= 0.3 is 0 Å². The van der Waals surface area contributed by atoms with Crippen LogP contribution < -0.4 is 0 Å². The van der Waals surface area contributed by atoms with Crippen molar-refractivity contribution < 1.29 is 8.78 Å². The van der Waals surface area contributed by atoms with Crippen LogP contribution in [0.15, 0.2) is 42.9 Å². The van der Waals surface area contributed by atoms with Crippen LogP contribution in [0.1, 0.15) is 18.9 Å². The molecule has 4 aromatic rings. The van der Waals surface area contributed by atoms with Crippen molar-refractivity contribution in [1.82, 2.24) is 45.1 Å². The lowest BCUT2D eigenvalue weighted by Gasteiger charge is -2.44. The van der Waals surface area contributed by atoms with Crippen LogP contribution in [0.4, 0.5) is 8.78 Å². The van der Waals surface area contributed by atoms with Gasteiger partial charge in [-0.3, -0.25) is 4.98 Å². The van der Waals surface area contributed by atoms with E-state index in [0.717, 1.165) is 35.9 Å². The fourth-order valence-corrected chi connectivity index (χ4v) is 4.69. The molecule has 1 aromatic carbocycles. The van der Waals surface area contributed by atoms with Gasteiger partial charge in [-0.05, 0) is 60.5 Å². The maximum Gasteiger partial charge on any atom is 0.188 e. The third-order valence-corrected chi connectivity index (χ3v) is 6.39. The monoisotopic (exact) mass is 435 g/mol. The highest BCUT2D eigenvalue weighted by Gasteiger charge is 2.35. The molecule has 1 unspecified atom stereocenters. The molecule has 3 aliphatic heterocycles. The SMILES string of the molecule is Fc1cccc(-n2nnnc2-c2cncc(-c3cn(C4CN5CCC4CC5)nn3)c2)c1F. The van der Waals surface area contributed by atoms with E-state index in [0.29, 0.717) is 23.2 Å². The van der Waals surface area contributed by atoms with Crippen molar-refractivity contribution in [3.05, 3.63) is 54.5 Å². The van der Waals surface area contributed by atoms with Crippen LogP contribution in [-0.2, 0) is 0 Å². The minimum absolute atomic E-state index is 0.0799. The lowest BCUT2D eigenvalue weighted by molar-refractivity contribution is 0.0504. The van der Waals surface area contributed by atoms with Crippen molar-refractivity contribution in [2.24, 2.45) is 5.92 Å². The molecule has 0 amide bonds. The van der Waals surface area contributed by atoms with Crippen LogP contribution in [0.2, 0.25) is 0 Å². The molecule has 9 nitrogen and oxygen atoms in total. The lowest BCUT2D eigenvalue weighted by Crippen LogP contribution is -2.48. The summed E-state index contributed by atoms with van der Waals surface area (Å²) in [5, 5.41) is 20.2. The zero-order valence-electron chi connectivity index (χ0n) is 17.0. The maximum absolute atomic E-state index is 14.3. The van der Waals surface area contributed by atoms with Gasteiger partial charge in [0.25, 0.3) is 0 Å². The standard InChI is InChI=1S/C21H19F2N9/c22-16-2-1-3-18(20(16)23)32-21(26-27-29-32)15-8-14(9-24-10-15)17-11-31(28-25-17)19-12-30-6-4-13(19)5-7-30/h1-3,8-11,13,19H,4-7,12H2. The van der Waals surface area contributed by atoms with E-state index in [2.05, 4.69) is 35.7 Å². The summed E-state index contributed by atoms with van der Waals surface area (Å²) in [4.78, 5) is 6.76. The van der Waals surface area contributed by atoms with E-state index < -0.39 is 11.6 Å². The molecule has 11 heteroatoms. The minimum atomic E-state index is -1.02. The Kier molecular flexibility index (Phi) is 4.49. The molecule has 0 spiro atoms. The Morgan fingerprint density at radius 1 is 0.969 bits per heavy atom. The van der Waals surface area contributed by atoms with Crippen molar-refractivity contribution >= 4 is 0 Å². The van der Waals surface area contributed by atoms with E-state index in [1.807, 2.05) is 16.9 Å². The molecule has 1 atom stereocenters. The zero-order valence-corrected chi connectivity index (χ0v) is 17.0. The number of pyridine rings is 1. The molecule has 3 saturated heterocycles. The molecular formula is C21H19F2N9. The first-order chi connectivity index (χ1) is 15.7. The minimum Gasteiger partial charge on any atom is -0.301 e. The van der Waals surface area contributed by atoms with Crippen molar-refractivity contribution in [2.45, 2.75) is 18.9 Å². The Labute approximate surface area is 181 Å². The van der Waals surface area contributed by atoms with E-state index in [1.54, 1.807) is 12.4 Å². The first-order valence-corrected chi connectivity index (χ1v) is 10.5. The summed E-state index contributed by atoms with van der Waals surface area (Å²) >= 11 is 0. The molecule has 6 heterocycles. The highest BCUT2D eigenvalue weighted by Crippen LogP contribution is 2.35. The Morgan fingerprint density at radius 3 is 2.62 bits per heavy atom. The highest BCUT2D eigenvalue weighted by molar-refractivity contribution is 5.66. The second-order valence-corrected chi connectivity index (χ2v) is 8.24. The lowest BCUT2D eigenvalue weighted by atomic mass is 9.84. The van der Waals surface area contributed by atoms with Crippen LogP contribution in [0.25, 0.3) is 28.3 Å². The molecule has 2 bridgehead atoms. The second-order valence-electron chi connectivity index (χ2n) is 8.24. The van der Waals surface area contributed by atoms with Crippen molar-refractivity contribution in [2.75, 3.05) is 19.6 Å². The summed E-state index contributed by atoms with van der Waals surface area (Å²) in [5.41, 5.74) is 1.90. The second kappa shape index (κ2) is 7.52. The quantitative estimate of drug-likeness (QED) is 0.487. The van der Waals surface area contributed by atoms with Crippen LogP contribution in [0.5, 0.6) is 0 Å². The Hall–Kier alpha value is -3.60. The van der Waals surface area contributed by atoms with E-state index in [4.69, 9.17) is 0 Å². The molecule has 7 rings (SSSR count). The fourth-order valence-electron chi connectivity index (χ4n) is 4.69. The normalized spacial score (nSPS) is 22.4. The van der Waals surface area contributed by atoms with E-state index in [9.17, 15) is 8.78 Å². The largest absolute Gasteiger partial charge is 0.301 e. The van der Waals surface area contributed by atoms with Gasteiger partial charge in [-0.1, -0.05) is 11.3 Å². The molecular weight excluding hydrogens is 416 g/mol. The maximum atomic E-state index is 14.3. The van der Waals surface area contributed by atoms with Crippen molar-refractivity contribution in [1.29, 1.82) is 0 Å². The fraction of sp³-hybridized carbons (Fsp3) is 0.333. The summed E-state index contributed by atoms with van der Waals surface area (Å²) in [5.74, 6) is -1.12. The molecule has 0 saturated carbocycles. The van der Waals surface area contributed by atoms with Gasteiger partial charge in [0, 0.05) is 30.1 Å². The molecule has 0 aliphatic carbocycles. The molecule has 0 N–H and O–H groups in total. The highest BCUT2D eigenvalue weighted by atomic mass is 19.2. The van der Waals surface area contributed by atoms with Crippen LogP contribution >= 0.6 is 0 Å². The third-order valence-electron chi connectivity index (χ3n) is 6.39. The van der Waals surface area contributed by atoms with E-state index in [1.165, 1.54) is 25.0 Å². The summed E-state index contributed by atoms with van der Waals surface area (Å²) < 4.78 is 31.1.